The van der Waals surface area contributed by atoms with Crippen LogP contribution in [0.5, 0.6) is 0 Å². The van der Waals surface area contributed by atoms with Gasteiger partial charge in [-0.2, -0.15) is 5.10 Å². The van der Waals surface area contributed by atoms with Gasteiger partial charge in [0.05, 0.1) is 15.9 Å². The van der Waals surface area contributed by atoms with Crippen LogP contribution in [0.1, 0.15) is 26.2 Å². The fourth-order valence-electron chi connectivity index (χ4n) is 1.64. The Balaban J connectivity index is 2.65. The number of rotatable bonds is 9. The van der Waals surface area contributed by atoms with Gasteiger partial charge in [-0.05, 0) is 18.6 Å². The van der Waals surface area contributed by atoms with Crippen LogP contribution < -0.4 is 5.43 Å². The third-order valence-electron chi connectivity index (χ3n) is 2.82. The standard InChI is InChI=1S/C15H18N4O4/c1-2-3-4-5-6-7-8-11-16-17-14-10-9-13(18(20)21)12-15(14)19(22)23/h5-12,17H,2-4H2,1H3/b6-5+,8-7+,16-11+. The highest BCUT2D eigenvalue weighted by Gasteiger charge is 2.18. The highest BCUT2D eigenvalue weighted by molar-refractivity contribution is 5.73. The van der Waals surface area contributed by atoms with E-state index in [1.165, 1.54) is 18.3 Å². The van der Waals surface area contributed by atoms with Crippen molar-refractivity contribution in [3.8, 4) is 0 Å². The first kappa shape index (κ1) is 18.0. The molecule has 1 N–H and O–H groups in total. The van der Waals surface area contributed by atoms with Gasteiger partial charge in [-0.25, -0.2) is 0 Å². The Hall–Kier alpha value is -3.03. The van der Waals surface area contributed by atoms with E-state index in [4.69, 9.17) is 0 Å². The minimum absolute atomic E-state index is 0.0868. The molecule has 122 valence electrons. The zero-order chi connectivity index (χ0) is 17.1. The summed E-state index contributed by atoms with van der Waals surface area (Å²) in [6, 6.07) is 3.32. The molecule has 0 aromatic heterocycles. The number of benzene rings is 1. The lowest BCUT2D eigenvalue weighted by Crippen LogP contribution is -1.98. The number of hydrogen-bond acceptors (Lipinski definition) is 6. The molecular weight excluding hydrogens is 300 g/mol. The quantitative estimate of drug-likeness (QED) is 0.241. The molecule has 0 aliphatic rings. The van der Waals surface area contributed by atoms with E-state index in [1.54, 1.807) is 12.2 Å². The van der Waals surface area contributed by atoms with Crippen LogP contribution in [0.15, 0.2) is 47.6 Å². The molecule has 0 saturated carbocycles. The SMILES string of the molecule is CCCC/C=C/C=C/C=N/Nc1ccc([N+](=O)[O-])cc1[N+](=O)[O-]. The van der Waals surface area contributed by atoms with Gasteiger partial charge in [0.15, 0.2) is 0 Å². The first-order valence-corrected chi connectivity index (χ1v) is 7.10. The van der Waals surface area contributed by atoms with Crippen LogP contribution in [0.25, 0.3) is 0 Å². The van der Waals surface area contributed by atoms with Crippen molar-refractivity contribution in [3.63, 3.8) is 0 Å². The first-order chi connectivity index (χ1) is 11.1. The maximum atomic E-state index is 10.9. The summed E-state index contributed by atoms with van der Waals surface area (Å²) in [5, 5.41) is 25.4. The average Bonchev–Trinajstić information content (AvgIpc) is 2.53. The second kappa shape index (κ2) is 9.82. The molecule has 1 aromatic carbocycles. The number of non-ortho nitro benzene ring substituents is 1. The molecule has 1 aromatic rings. The molecule has 0 aliphatic carbocycles. The zero-order valence-corrected chi connectivity index (χ0v) is 12.7. The lowest BCUT2D eigenvalue weighted by Gasteiger charge is -2.01. The van der Waals surface area contributed by atoms with Gasteiger partial charge < -0.3 is 0 Å². The molecule has 0 amide bonds. The Morgan fingerprint density at radius 1 is 1.17 bits per heavy atom. The van der Waals surface area contributed by atoms with Gasteiger partial charge in [0.25, 0.3) is 5.69 Å². The van der Waals surface area contributed by atoms with Crippen LogP contribution >= 0.6 is 0 Å². The number of hydrazone groups is 1. The Morgan fingerprint density at radius 2 is 1.96 bits per heavy atom. The van der Waals surface area contributed by atoms with Crippen molar-refractivity contribution in [1.29, 1.82) is 0 Å². The minimum Gasteiger partial charge on any atom is -0.272 e. The number of hydrogen-bond donors (Lipinski definition) is 1. The minimum atomic E-state index is -0.697. The van der Waals surface area contributed by atoms with Crippen molar-refractivity contribution in [2.24, 2.45) is 5.10 Å². The van der Waals surface area contributed by atoms with Gasteiger partial charge in [0.1, 0.15) is 5.69 Å². The highest BCUT2D eigenvalue weighted by atomic mass is 16.6. The first-order valence-electron chi connectivity index (χ1n) is 7.10. The lowest BCUT2D eigenvalue weighted by atomic mass is 10.2. The maximum Gasteiger partial charge on any atom is 0.301 e. The van der Waals surface area contributed by atoms with Gasteiger partial charge in [-0.3, -0.25) is 25.7 Å². The predicted octanol–water partition coefficient (Wildman–Crippen LogP) is 4.20. The lowest BCUT2D eigenvalue weighted by molar-refractivity contribution is -0.393. The van der Waals surface area contributed by atoms with Gasteiger partial charge in [0.2, 0.25) is 0 Å². The van der Waals surface area contributed by atoms with Gasteiger partial charge in [0, 0.05) is 12.3 Å². The van der Waals surface area contributed by atoms with Crippen molar-refractivity contribution in [2.75, 3.05) is 5.43 Å². The second-order valence-corrected chi connectivity index (χ2v) is 4.56. The molecule has 0 unspecified atom stereocenters. The second-order valence-electron chi connectivity index (χ2n) is 4.56. The molecule has 0 bridgehead atoms. The number of anilines is 1. The topological polar surface area (TPSA) is 111 Å². The Bertz CT molecular complexity index is 638. The number of allylic oxidation sites excluding steroid dienone is 4. The summed E-state index contributed by atoms with van der Waals surface area (Å²) in [5.74, 6) is 0. The number of nitro groups is 2. The number of nitrogens with zero attached hydrogens (tertiary/aromatic N) is 3. The molecule has 0 aliphatic heterocycles. The van der Waals surface area contributed by atoms with E-state index in [-0.39, 0.29) is 11.4 Å². The fourth-order valence-corrected chi connectivity index (χ4v) is 1.64. The monoisotopic (exact) mass is 318 g/mol. The van der Waals surface area contributed by atoms with Crippen LogP contribution in [0.4, 0.5) is 17.1 Å². The molecule has 0 fully saturated rings. The van der Waals surface area contributed by atoms with Crippen LogP contribution in [0.3, 0.4) is 0 Å². The number of nitro benzene ring substituents is 2. The van der Waals surface area contributed by atoms with E-state index in [9.17, 15) is 20.2 Å². The van der Waals surface area contributed by atoms with Crippen molar-refractivity contribution in [3.05, 3.63) is 62.7 Å². The summed E-state index contributed by atoms with van der Waals surface area (Å²) >= 11 is 0. The molecule has 0 saturated heterocycles. The summed E-state index contributed by atoms with van der Waals surface area (Å²) in [7, 11) is 0. The van der Waals surface area contributed by atoms with Crippen molar-refractivity contribution in [2.45, 2.75) is 26.2 Å². The molecular formula is C15H18N4O4. The van der Waals surface area contributed by atoms with Gasteiger partial charge >= 0.3 is 5.69 Å². The fraction of sp³-hybridized carbons (Fsp3) is 0.267. The van der Waals surface area contributed by atoms with E-state index in [0.29, 0.717) is 0 Å². The summed E-state index contributed by atoms with van der Waals surface area (Å²) in [6.07, 6.45) is 12.2. The van der Waals surface area contributed by atoms with Gasteiger partial charge in [-0.15, -0.1) is 0 Å². The Morgan fingerprint density at radius 3 is 2.61 bits per heavy atom. The summed E-state index contributed by atoms with van der Waals surface area (Å²) in [4.78, 5) is 20.2. The predicted molar refractivity (Wildman–Crippen MR) is 89.7 cm³/mol. The number of nitrogens with one attached hydrogen (secondary N) is 1. The molecule has 0 radical (unpaired) electrons. The largest absolute Gasteiger partial charge is 0.301 e. The summed E-state index contributed by atoms with van der Waals surface area (Å²) in [6.45, 7) is 2.12. The molecule has 0 spiro atoms. The third-order valence-corrected chi connectivity index (χ3v) is 2.82. The Labute approximate surface area is 133 Å². The van der Waals surface area contributed by atoms with E-state index in [0.717, 1.165) is 25.3 Å². The maximum absolute atomic E-state index is 10.9. The molecule has 0 atom stereocenters. The summed E-state index contributed by atoms with van der Waals surface area (Å²) in [5.41, 5.74) is 1.84. The van der Waals surface area contributed by atoms with Gasteiger partial charge in [-0.1, -0.05) is 38.0 Å². The van der Waals surface area contributed by atoms with E-state index in [1.807, 2.05) is 12.2 Å². The van der Waals surface area contributed by atoms with Crippen LogP contribution in [0.2, 0.25) is 0 Å². The van der Waals surface area contributed by atoms with E-state index in [2.05, 4.69) is 17.5 Å². The Kier molecular flexibility index (Phi) is 7.70. The van der Waals surface area contributed by atoms with Crippen molar-refractivity contribution in [1.82, 2.24) is 0 Å². The normalized spacial score (nSPS) is 11.5. The molecule has 8 heteroatoms. The molecule has 23 heavy (non-hydrogen) atoms. The van der Waals surface area contributed by atoms with Crippen LogP contribution in [-0.2, 0) is 0 Å². The van der Waals surface area contributed by atoms with E-state index >= 15 is 0 Å². The van der Waals surface area contributed by atoms with Crippen LogP contribution in [-0.4, -0.2) is 16.1 Å². The third kappa shape index (κ3) is 6.51. The zero-order valence-electron chi connectivity index (χ0n) is 12.7. The number of unbranched alkanes of at least 4 members (excludes halogenated alkanes) is 2. The molecule has 0 heterocycles. The average molecular weight is 318 g/mol. The van der Waals surface area contributed by atoms with Crippen molar-refractivity contribution >= 4 is 23.3 Å². The molecule has 8 nitrogen and oxygen atoms in total. The van der Waals surface area contributed by atoms with Crippen LogP contribution in [0, 0.1) is 20.2 Å². The summed E-state index contributed by atoms with van der Waals surface area (Å²) < 4.78 is 0. The molecule has 1 rings (SSSR count). The van der Waals surface area contributed by atoms with E-state index < -0.39 is 15.5 Å². The van der Waals surface area contributed by atoms with Crippen molar-refractivity contribution < 1.29 is 9.85 Å². The highest BCUT2D eigenvalue weighted by Crippen LogP contribution is 2.28. The smallest absolute Gasteiger partial charge is 0.272 e.